The topological polar surface area (TPSA) is 163 Å². The van der Waals surface area contributed by atoms with Gasteiger partial charge in [0.15, 0.2) is 0 Å². The first-order chi connectivity index (χ1) is 23.9. The van der Waals surface area contributed by atoms with Gasteiger partial charge in [0.2, 0.25) is 23.5 Å². The highest BCUT2D eigenvalue weighted by Crippen LogP contribution is 2.31. The minimum Gasteiger partial charge on any atom is -0.444 e. The quantitative estimate of drug-likeness (QED) is 0.250. The third kappa shape index (κ3) is 12.6. The molecule has 4 rings (SSSR count). The summed E-state index contributed by atoms with van der Waals surface area (Å²) in [4.78, 5) is 82.7. The molecule has 0 bridgehead atoms. The van der Waals surface area contributed by atoms with Crippen molar-refractivity contribution in [1.29, 1.82) is 0 Å². The summed E-state index contributed by atoms with van der Waals surface area (Å²) in [5.74, 6) is -2.77. The monoisotopic (exact) mass is 693 g/mol. The van der Waals surface area contributed by atoms with Gasteiger partial charge in [0, 0.05) is 19.5 Å². The van der Waals surface area contributed by atoms with Crippen LogP contribution in [-0.2, 0) is 35.1 Å². The number of nitrogens with one attached hydrogen (secondary N) is 4. The molecule has 0 saturated heterocycles. The highest BCUT2D eigenvalue weighted by molar-refractivity contribution is 6.38. The molecule has 0 aromatic heterocycles. The lowest BCUT2D eigenvalue weighted by Gasteiger charge is -2.32. The molecule has 12 nitrogen and oxygen atoms in total. The summed E-state index contributed by atoms with van der Waals surface area (Å²) in [6, 6.07) is 6.17. The Morgan fingerprint density at radius 2 is 1.54 bits per heavy atom. The average molecular weight is 694 g/mol. The van der Waals surface area contributed by atoms with Gasteiger partial charge in [-0.1, -0.05) is 74.6 Å². The van der Waals surface area contributed by atoms with Gasteiger partial charge >= 0.3 is 6.09 Å². The fourth-order valence-corrected chi connectivity index (χ4v) is 6.72. The number of carbonyl (C=O) groups is 6. The summed E-state index contributed by atoms with van der Waals surface area (Å²) in [5, 5.41) is 11.0. The third-order valence-electron chi connectivity index (χ3n) is 9.56. The Hall–Kier alpha value is -4.22. The highest BCUT2D eigenvalue weighted by atomic mass is 16.6. The van der Waals surface area contributed by atoms with Gasteiger partial charge in [0.05, 0.1) is 12.6 Å². The Kier molecular flexibility index (Phi) is 14.4. The number of benzene rings is 1. The number of allylic oxidation sites excluding steroid dienone is 1. The summed E-state index contributed by atoms with van der Waals surface area (Å²) in [6.07, 6.45) is 11.5. The predicted molar refractivity (Wildman–Crippen MR) is 189 cm³/mol. The van der Waals surface area contributed by atoms with Crippen LogP contribution in [0.1, 0.15) is 97.0 Å². The highest BCUT2D eigenvalue weighted by Gasteiger charge is 2.36. The largest absolute Gasteiger partial charge is 0.444 e. The van der Waals surface area contributed by atoms with E-state index >= 15 is 0 Å². The van der Waals surface area contributed by atoms with E-state index in [-0.39, 0.29) is 31.2 Å². The number of nitrogens with zero attached hydrogens (tertiary/aromatic N) is 1. The molecule has 1 aromatic carbocycles. The molecule has 2 aliphatic carbocycles. The van der Waals surface area contributed by atoms with Crippen molar-refractivity contribution >= 4 is 35.5 Å². The summed E-state index contributed by atoms with van der Waals surface area (Å²) >= 11 is 0. The van der Waals surface area contributed by atoms with E-state index in [4.69, 9.17) is 4.74 Å². The normalized spacial score (nSPS) is 24.3. The van der Waals surface area contributed by atoms with Gasteiger partial charge in [-0.25, -0.2) is 4.79 Å². The molecule has 4 N–H and O–H groups in total. The summed E-state index contributed by atoms with van der Waals surface area (Å²) < 4.78 is 5.47. The Morgan fingerprint density at radius 1 is 0.860 bits per heavy atom. The number of Topliss-reactive ketones (excluding diaryl/α,β-unsaturated/α-hetero) is 1. The van der Waals surface area contributed by atoms with Crippen LogP contribution in [0.15, 0.2) is 42.5 Å². The molecule has 0 radical (unpaired) electrons. The molecule has 2 saturated carbocycles. The van der Waals surface area contributed by atoms with Crippen LogP contribution in [0.25, 0.3) is 0 Å². The Bertz CT molecular complexity index is 1370. The molecular weight excluding hydrogens is 638 g/mol. The van der Waals surface area contributed by atoms with Crippen LogP contribution in [-0.4, -0.2) is 83.8 Å². The van der Waals surface area contributed by atoms with E-state index in [1.807, 2.05) is 42.5 Å². The van der Waals surface area contributed by atoms with Crippen molar-refractivity contribution in [3.63, 3.8) is 0 Å². The van der Waals surface area contributed by atoms with E-state index in [2.05, 4.69) is 21.3 Å². The number of amides is 5. The second-order valence-electron chi connectivity index (χ2n) is 14.9. The van der Waals surface area contributed by atoms with Crippen molar-refractivity contribution in [2.75, 3.05) is 19.6 Å². The van der Waals surface area contributed by atoms with Gasteiger partial charge < -0.3 is 30.9 Å². The number of carbonyl (C=O) groups excluding carboxylic acids is 6. The Morgan fingerprint density at radius 3 is 2.20 bits per heavy atom. The maximum Gasteiger partial charge on any atom is 0.408 e. The van der Waals surface area contributed by atoms with E-state index in [1.165, 1.54) is 4.90 Å². The van der Waals surface area contributed by atoms with Crippen LogP contribution in [0.2, 0.25) is 0 Å². The number of alkyl carbamates (subject to hydrolysis) is 1. The lowest BCUT2D eigenvalue weighted by atomic mass is 9.80. The molecule has 12 heteroatoms. The Labute approximate surface area is 295 Å². The molecule has 3 aliphatic rings. The summed E-state index contributed by atoms with van der Waals surface area (Å²) in [7, 11) is 0. The molecule has 0 unspecified atom stereocenters. The second kappa shape index (κ2) is 18.7. The second-order valence-corrected chi connectivity index (χ2v) is 14.9. The van der Waals surface area contributed by atoms with Crippen LogP contribution in [0.3, 0.4) is 0 Å². The van der Waals surface area contributed by atoms with Gasteiger partial charge in [0.25, 0.3) is 5.91 Å². The molecule has 0 spiro atoms. The van der Waals surface area contributed by atoms with Crippen LogP contribution in [0.5, 0.6) is 0 Å². The number of ketones is 1. The van der Waals surface area contributed by atoms with Crippen LogP contribution >= 0.6 is 0 Å². The first-order valence-corrected chi connectivity index (χ1v) is 18.3. The van der Waals surface area contributed by atoms with Crippen LogP contribution < -0.4 is 21.3 Å². The molecular formula is C38H55N5O7. The van der Waals surface area contributed by atoms with Crippen LogP contribution in [0, 0.1) is 11.8 Å². The average Bonchev–Trinajstić information content (AvgIpc) is 3.55. The molecule has 1 heterocycles. The molecule has 3 atom stereocenters. The fraction of sp³-hybridized carbons (Fsp3) is 0.632. The molecule has 274 valence electrons. The van der Waals surface area contributed by atoms with Crippen molar-refractivity contribution in [2.24, 2.45) is 11.8 Å². The fourth-order valence-electron chi connectivity index (χ4n) is 6.72. The smallest absolute Gasteiger partial charge is 0.408 e. The van der Waals surface area contributed by atoms with Gasteiger partial charge in [-0.05, 0) is 76.7 Å². The molecule has 2 fully saturated rings. The van der Waals surface area contributed by atoms with E-state index < -0.39 is 59.2 Å². The lowest BCUT2D eigenvalue weighted by molar-refractivity contribution is -0.142. The van der Waals surface area contributed by atoms with Gasteiger partial charge in [0.1, 0.15) is 17.7 Å². The minimum absolute atomic E-state index is 0.174. The van der Waals surface area contributed by atoms with Crippen molar-refractivity contribution < 1.29 is 33.5 Å². The standard InChI is InChI=1S/C38H55N5O7/c1-38(2,3)50-37(49)42-29-20-9-4-5-12-21-39-34(46)31(23-26-14-7-6-8-15-26)41-35(47)33(45)30(22-27-18-13-19-27)40-32(44)25-43(36(29)48)24-28-16-10-11-17-28/h4-8,14-15,27-31H,9-13,16-25H2,1-3H3,(H,39,46)(H,40,44)(H,41,47)(H,42,49)/t29-,30-,31+/m0/s1. The van der Waals surface area contributed by atoms with E-state index in [0.29, 0.717) is 32.4 Å². The number of hydrogen-bond donors (Lipinski definition) is 4. The first kappa shape index (κ1) is 38.6. The van der Waals surface area contributed by atoms with E-state index in [0.717, 1.165) is 50.5 Å². The maximum absolute atomic E-state index is 14.1. The van der Waals surface area contributed by atoms with Crippen molar-refractivity contribution in [3.8, 4) is 0 Å². The van der Waals surface area contributed by atoms with E-state index in [1.54, 1.807) is 20.8 Å². The van der Waals surface area contributed by atoms with Crippen molar-refractivity contribution in [3.05, 3.63) is 48.0 Å². The number of rotatable bonds is 7. The molecule has 1 aromatic rings. The zero-order valence-corrected chi connectivity index (χ0v) is 29.8. The zero-order chi connectivity index (χ0) is 36.1. The summed E-state index contributed by atoms with van der Waals surface area (Å²) in [5.41, 5.74) is 0.0448. The predicted octanol–water partition coefficient (Wildman–Crippen LogP) is 3.73. The van der Waals surface area contributed by atoms with Crippen molar-refractivity contribution in [1.82, 2.24) is 26.2 Å². The van der Waals surface area contributed by atoms with Crippen molar-refractivity contribution in [2.45, 2.75) is 122 Å². The SMILES string of the molecule is CC(C)(C)OC(=O)N[C@H]1CCC=CCCNC(=O)[C@@H](Cc2ccccc2)NC(=O)C(=O)[C@H](CC2CCC2)NC(=O)CN(CC2CCCC2)C1=O. The lowest BCUT2D eigenvalue weighted by Crippen LogP contribution is -2.56. The number of hydrogen-bond acceptors (Lipinski definition) is 7. The van der Waals surface area contributed by atoms with Gasteiger partial charge in [-0.15, -0.1) is 0 Å². The molecule has 50 heavy (non-hydrogen) atoms. The minimum atomic E-state index is -1.11. The first-order valence-electron chi connectivity index (χ1n) is 18.3. The zero-order valence-electron chi connectivity index (χ0n) is 29.8. The van der Waals surface area contributed by atoms with Crippen LogP contribution in [0.4, 0.5) is 4.79 Å². The Balaban J connectivity index is 1.60. The molecule has 1 aliphatic heterocycles. The summed E-state index contributed by atoms with van der Waals surface area (Å²) in [6.45, 7) is 5.52. The third-order valence-corrected chi connectivity index (χ3v) is 9.56. The maximum atomic E-state index is 14.1. The van der Waals surface area contributed by atoms with Gasteiger partial charge in [-0.3, -0.25) is 24.0 Å². The number of ether oxygens (including phenoxy) is 1. The van der Waals surface area contributed by atoms with E-state index in [9.17, 15) is 28.8 Å². The van der Waals surface area contributed by atoms with Gasteiger partial charge in [-0.2, -0.15) is 0 Å². The molecule has 5 amide bonds.